The van der Waals surface area contributed by atoms with Crippen LogP contribution in [0.15, 0.2) is 12.1 Å². The van der Waals surface area contributed by atoms with Crippen molar-refractivity contribution in [2.45, 2.75) is 51.4 Å². The molecule has 0 radical (unpaired) electrons. The summed E-state index contributed by atoms with van der Waals surface area (Å²) < 4.78 is 0. The maximum absolute atomic E-state index is 12.2. The smallest absolute Gasteiger partial charge is 0.241 e. The third-order valence-electron chi connectivity index (χ3n) is 3.81. The number of nitrogens with one attached hydrogen (secondary N) is 1. The maximum atomic E-state index is 12.2. The molecule has 1 aromatic rings. The summed E-state index contributed by atoms with van der Waals surface area (Å²) in [5.41, 5.74) is 0. The number of hydrogen-bond acceptors (Lipinski definition) is 3. The minimum atomic E-state index is -0.0389. The van der Waals surface area contributed by atoms with Crippen LogP contribution in [0.5, 0.6) is 0 Å². The van der Waals surface area contributed by atoms with Crippen molar-refractivity contribution in [3.63, 3.8) is 0 Å². The first-order valence-electron chi connectivity index (χ1n) is 6.31. The first kappa shape index (κ1) is 11.2. The van der Waals surface area contributed by atoms with Crippen LogP contribution in [0.2, 0.25) is 0 Å². The second-order valence-electron chi connectivity index (χ2n) is 5.07. The predicted molar refractivity (Wildman–Crippen MR) is 68.9 cm³/mol. The van der Waals surface area contributed by atoms with Gasteiger partial charge in [-0.15, -0.1) is 11.3 Å². The van der Waals surface area contributed by atoms with Gasteiger partial charge in [-0.3, -0.25) is 10.1 Å². The van der Waals surface area contributed by atoms with E-state index in [2.05, 4.69) is 29.3 Å². The number of carbonyl (C=O) groups excluding carboxylic acids is 1. The van der Waals surface area contributed by atoms with Crippen LogP contribution in [-0.4, -0.2) is 22.9 Å². The van der Waals surface area contributed by atoms with E-state index < -0.39 is 0 Å². The zero-order valence-electron chi connectivity index (χ0n) is 10.3. The van der Waals surface area contributed by atoms with Gasteiger partial charge >= 0.3 is 0 Å². The molecule has 1 saturated heterocycles. The Morgan fingerprint density at radius 1 is 1.41 bits per heavy atom. The molecule has 92 valence electrons. The van der Waals surface area contributed by atoms with Crippen LogP contribution >= 0.6 is 11.3 Å². The van der Waals surface area contributed by atoms with E-state index >= 15 is 0 Å². The molecule has 2 fully saturated rings. The molecule has 17 heavy (non-hydrogen) atoms. The summed E-state index contributed by atoms with van der Waals surface area (Å²) in [6.45, 7) is 4.08. The summed E-state index contributed by atoms with van der Waals surface area (Å²) in [5, 5.41) is 3.42. The molecule has 0 spiro atoms. The van der Waals surface area contributed by atoms with Gasteiger partial charge in [-0.1, -0.05) is 0 Å². The third kappa shape index (κ3) is 1.79. The highest BCUT2D eigenvalue weighted by atomic mass is 32.1. The van der Waals surface area contributed by atoms with Gasteiger partial charge in [0.2, 0.25) is 5.91 Å². The monoisotopic (exact) mass is 250 g/mol. The molecule has 0 bridgehead atoms. The molecule has 3 nitrogen and oxygen atoms in total. The summed E-state index contributed by atoms with van der Waals surface area (Å²) in [7, 11) is 0. The van der Waals surface area contributed by atoms with E-state index in [1.54, 1.807) is 11.3 Å². The van der Waals surface area contributed by atoms with Crippen molar-refractivity contribution < 1.29 is 4.79 Å². The van der Waals surface area contributed by atoms with E-state index in [0.717, 1.165) is 0 Å². The van der Waals surface area contributed by atoms with Crippen LogP contribution in [0.25, 0.3) is 0 Å². The predicted octanol–water partition coefficient (Wildman–Crippen LogP) is 2.43. The van der Waals surface area contributed by atoms with E-state index in [1.807, 2.05) is 6.92 Å². The van der Waals surface area contributed by atoms with Crippen molar-refractivity contribution in [2.24, 2.45) is 0 Å². The highest BCUT2D eigenvalue weighted by Crippen LogP contribution is 2.37. The standard InChI is InChI=1S/C13H18N2OS/c1-8-6-7-11(17-8)12-14-9(2)13(16)15(12)10-4-3-5-10/h6-7,9-10,12,14H,3-5H2,1-2H3. The number of nitrogens with zero attached hydrogens (tertiary/aromatic N) is 1. The molecule has 3 rings (SSSR count). The second-order valence-corrected chi connectivity index (χ2v) is 6.39. The number of aryl methyl sites for hydroxylation is 1. The van der Waals surface area contributed by atoms with Gasteiger partial charge in [-0.25, -0.2) is 0 Å². The van der Waals surface area contributed by atoms with Gasteiger partial charge in [0.1, 0.15) is 6.17 Å². The lowest BCUT2D eigenvalue weighted by molar-refractivity contribution is -0.133. The van der Waals surface area contributed by atoms with E-state index in [1.165, 1.54) is 29.0 Å². The molecule has 1 saturated carbocycles. The molecule has 2 aliphatic rings. The molecule has 1 aliphatic carbocycles. The maximum Gasteiger partial charge on any atom is 0.241 e. The molecular weight excluding hydrogens is 232 g/mol. The van der Waals surface area contributed by atoms with Crippen LogP contribution in [0.4, 0.5) is 0 Å². The molecular formula is C13H18N2OS. The Hall–Kier alpha value is -0.870. The summed E-state index contributed by atoms with van der Waals surface area (Å²) in [5.74, 6) is 0.269. The molecule has 1 aliphatic heterocycles. The number of amides is 1. The second kappa shape index (κ2) is 4.10. The molecule has 0 aromatic carbocycles. The molecule has 2 atom stereocenters. The molecule has 1 aromatic heterocycles. The lowest BCUT2D eigenvalue weighted by Gasteiger charge is -2.37. The van der Waals surface area contributed by atoms with Gasteiger partial charge in [0.05, 0.1) is 6.04 Å². The van der Waals surface area contributed by atoms with Crippen LogP contribution in [0.1, 0.15) is 42.1 Å². The van der Waals surface area contributed by atoms with Crippen LogP contribution in [0.3, 0.4) is 0 Å². The molecule has 2 heterocycles. The van der Waals surface area contributed by atoms with Gasteiger partial charge in [-0.2, -0.15) is 0 Å². The summed E-state index contributed by atoms with van der Waals surface area (Å²) >= 11 is 1.79. The van der Waals surface area contributed by atoms with Crippen molar-refractivity contribution in [3.05, 3.63) is 21.9 Å². The van der Waals surface area contributed by atoms with Gasteiger partial charge in [-0.05, 0) is 45.2 Å². The van der Waals surface area contributed by atoms with Crippen LogP contribution in [0, 0.1) is 6.92 Å². The first-order chi connectivity index (χ1) is 8.16. The van der Waals surface area contributed by atoms with Gasteiger partial charge < -0.3 is 4.90 Å². The third-order valence-corrected chi connectivity index (χ3v) is 4.86. The minimum Gasteiger partial charge on any atom is -0.318 e. The van der Waals surface area contributed by atoms with E-state index in [9.17, 15) is 4.79 Å². The fraction of sp³-hybridized carbons (Fsp3) is 0.615. The first-order valence-corrected chi connectivity index (χ1v) is 7.13. The lowest BCUT2D eigenvalue weighted by Crippen LogP contribution is -2.43. The Kier molecular flexibility index (Phi) is 2.71. The Morgan fingerprint density at radius 2 is 2.18 bits per heavy atom. The van der Waals surface area contributed by atoms with Gasteiger partial charge in [0, 0.05) is 15.8 Å². The summed E-state index contributed by atoms with van der Waals surface area (Å²) in [6.07, 6.45) is 3.71. The van der Waals surface area contributed by atoms with Crippen LogP contribution in [-0.2, 0) is 4.79 Å². The molecule has 4 heteroatoms. The van der Waals surface area contributed by atoms with Crippen LogP contribution < -0.4 is 5.32 Å². The van der Waals surface area contributed by atoms with E-state index in [0.29, 0.717) is 6.04 Å². The lowest BCUT2D eigenvalue weighted by atomic mass is 9.91. The molecule has 1 amide bonds. The highest BCUT2D eigenvalue weighted by molar-refractivity contribution is 7.12. The average Bonchev–Trinajstić information content (AvgIpc) is 2.75. The van der Waals surface area contributed by atoms with Crippen molar-refractivity contribution in [3.8, 4) is 0 Å². The Labute approximate surface area is 106 Å². The minimum absolute atomic E-state index is 0.0389. The average molecular weight is 250 g/mol. The van der Waals surface area contributed by atoms with Gasteiger partial charge in [0.25, 0.3) is 0 Å². The summed E-state index contributed by atoms with van der Waals surface area (Å²) in [6, 6.07) is 4.71. The molecule has 2 unspecified atom stereocenters. The quantitative estimate of drug-likeness (QED) is 0.874. The number of rotatable bonds is 2. The summed E-state index contributed by atoms with van der Waals surface area (Å²) in [4.78, 5) is 16.9. The zero-order chi connectivity index (χ0) is 12.0. The normalized spacial score (nSPS) is 29.8. The van der Waals surface area contributed by atoms with Crippen molar-refractivity contribution in [2.75, 3.05) is 0 Å². The number of hydrogen-bond donors (Lipinski definition) is 1. The Balaban J connectivity index is 1.89. The largest absolute Gasteiger partial charge is 0.318 e. The number of thiophene rings is 1. The Morgan fingerprint density at radius 3 is 2.71 bits per heavy atom. The number of carbonyl (C=O) groups is 1. The fourth-order valence-electron chi connectivity index (χ4n) is 2.61. The van der Waals surface area contributed by atoms with Gasteiger partial charge in [0.15, 0.2) is 0 Å². The Bertz CT molecular complexity index is 438. The van der Waals surface area contributed by atoms with Crippen molar-refractivity contribution in [1.82, 2.24) is 10.2 Å². The van der Waals surface area contributed by atoms with E-state index in [-0.39, 0.29) is 18.1 Å². The molecule has 1 N–H and O–H groups in total. The van der Waals surface area contributed by atoms with Crippen molar-refractivity contribution >= 4 is 17.2 Å². The SMILES string of the molecule is Cc1ccc(C2NC(C)C(=O)N2C2CCC2)s1. The van der Waals surface area contributed by atoms with E-state index in [4.69, 9.17) is 0 Å². The van der Waals surface area contributed by atoms with Crippen molar-refractivity contribution in [1.29, 1.82) is 0 Å². The highest BCUT2D eigenvalue weighted by Gasteiger charge is 2.43. The fourth-order valence-corrected chi connectivity index (χ4v) is 3.55. The topological polar surface area (TPSA) is 32.3 Å². The zero-order valence-corrected chi connectivity index (χ0v) is 11.1.